The number of hydrogen-bond donors (Lipinski definition) is 2. The van der Waals surface area contributed by atoms with Gasteiger partial charge in [0.1, 0.15) is 23.4 Å². The van der Waals surface area contributed by atoms with Gasteiger partial charge in [0.05, 0.1) is 16.6 Å². The van der Waals surface area contributed by atoms with Gasteiger partial charge in [0.15, 0.2) is 0 Å². The molecule has 0 saturated carbocycles. The lowest BCUT2D eigenvalue weighted by Crippen LogP contribution is -2.33. The van der Waals surface area contributed by atoms with E-state index in [1.54, 1.807) is 36.4 Å². The molecule has 0 radical (unpaired) electrons. The molecule has 3 heterocycles. The second-order valence-corrected chi connectivity index (χ2v) is 12.3. The fourth-order valence-corrected chi connectivity index (χ4v) is 8.06. The minimum Gasteiger partial charge on any atom is -0.508 e. The van der Waals surface area contributed by atoms with Crippen molar-refractivity contribution >= 4 is 68.1 Å². The maximum absolute atomic E-state index is 13.8. The normalized spacial score (nSPS) is 19.9. The quantitative estimate of drug-likeness (QED) is 0.236. The van der Waals surface area contributed by atoms with Crippen LogP contribution < -0.4 is 15.1 Å². The van der Waals surface area contributed by atoms with Crippen molar-refractivity contribution < 1.29 is 23.9 Å². The monoisotopic (exact) mass is 639 g/mol. The van der Waals surface area contributed by atoms with Gasteiger partial charge in [-0.2, -0.15) is 0 Å². The highest BCUT2D eigenvalue weighted by Gasteiger charge is 2.56. The maximum Gasteiger partial charge on any atom is 0.308 e. The number of aromatic hydroxyl groups is 1. The molecule has 2 aliphatic rings. The Kier molecular flexibility index (Phi) is 6.85. The number of thioether (sulfide) groups is 1. The molecule has 0 spiro atoms. The number of benzene rings is 3. The van der Waals surface area contributed by atoms with E-state index < -0.39 is 45.5 Å². The number of phenolic OH excluding ortho intramolecular Hbond substituents is 1. The van der Waals surface area contributed by atoms with Crippen molar-refractivity contribution in [3.8, 4) is 5.75 Å². The van der Waals surface area contributed by atoms with E-state index in [9.17, 15) is 28.7 Å². The topological polar surface area (TPSA) is 109 Å². The standard InChI is InChI=1S/C28H19BrFN3O5S2/c29-15-3-9-18(10-4-15)33-25(36)22-21(14-1-5-16(30)6-2-14)24-27(39-23(22)26(33)37)32(28(38)40-24)13-20(35)31-17-7-11-19(34)12-8-17/h1-12,21-23,34H,13H2,(H,31,35). The second kappa shape index (κ2) is 10.3. The molecule has 0 aliphatic carbocycles. The third kappa shape index (κ3) is 4.65. The summed E-state index contributed by atoms with van der Waals surface area (Å²) in [7, 11) is 0. The van der Waals surface area contributed by atoms with Crippen LogP contribution >= 0.6 is 39.0 Å². The fourth-order valence-electron chi connectivity index (χ4n) is 5.02. The molecular formula is C28H19BrFN3O5S2. The van der Waals surface area contributed by atoms with Gasteiger partial charge in [-0.05, 0) is 66.2 Å². The zero-order valence-electron chi connectivity index (χ0n) is 20.4. The highest BCUT2D eigenvalue weighted by molar-refractivity contribution is 9.10. The number of thiazole rings is 1. The second-order valence-electron chi connectivity index (χ2n) is 9.30. The number of nitrogens with one attached hydrogen (secondary N) is 1. The SMILES string of the molecule is O=C(Cn1c2c(sc1=O)C(c1ccc(F)cc1)C1C(=O)N(c3ccc(Br)cc3)C(=O)C1S2)Nc1ccc(O)cc1. The Balaban J connectivity index is 1.40. The van der Waals surface area contributed by atoms with Crippen molar-refractivity contribution in [2.45, 2.75) is 22.7 Å². The predicted octanol–water partition coefficient (Wildman–Crippen LogP) is 4.95. The summed E-state index contributed by atoms with van der Waals surface area (Å²) in [6, 6.07) is 18.4. The minimum absolute atomic E-state index is 0.0480. The van der Waals surface area contributed by atoms with Gasteiger partial charge in [-0.1, -0.05) is 51.2 Å². The van der Waals surface area contributed by atoms with E-state index in [-0.39, 0.29) is 12.3 Å². The third-order valence-electron chi connectivity index (χ3n) is 6.82. The van der Waals surface area contributed by atoms with Crippen molar-refractivity contribution in [3.63, 3.8) is 0 Å². The highest BCUT2D eigenvalue weighted by atomic mass is 79.9. The number of halogens is 2. The number of imide groups is 1. The molecule has 202 valence electrons. The number of amides is 3. The van der Waals surface area contributed by atoms with Gasteiger partial charge < -0.3 is 10.4 Å². The Morgan fingerprint density at radius 1 is 0.950 bits per heavy atom. The van der Waals surface area contributed by atoms with Gasteiger partial charge in [0.25, 0.3) is 0 Å². The smallest absolute Gasteiger partial charge is 0.308 e. The molecule has 4 aromatic rings. The van der Waals surface area contributed by atoms with Crippen LogP contribution in [0, 0.1) is 11.7 Å². The molecule has 2 N–H and O–H groups in total. The van der Waals surface area contributed by atoms with Crippen LogP contribution in [0.4, 0.5) is 15.8 Å². The number of carbonyl (C=O) groups is 3. The number of rotatable bonds is 5. The highest BCUT2D eigenvalue weighted by Crippen LogP contribution is 2.53. The van der Waals surface area contributed by atoms with Gasteiger partial charge in [-0.15, -0.1) is 0 Å². The molecule has 1 saturated heterocycles. The Bertz CT molecular complexity index is 1700. The molecule has 1 aromatic heterocycles. The van der Waals surface area contributed by atoms with Gasteiger partial charge in [0.2, 0.25) is 17.7 Å². The largest absolute Gasteiger partial charge is 0.508 e. The van der Waals surface area contributed by atoms with E-state index in [1.807, 2.05) is 0 Å². The zero-order chi connectivity index (χ0) is 28.1. The van der Waals surface area contributed by atoms with Crippen LogP contribution in [0.25, 0.3) is 0 Å². The molecule has 0 bridgehead atoms. The molecule has 6 rings (SSSR count). The Labute approximate surface area is 243 Å². The summed E-state index contributed by atoms with van der Waals surface area (Å²) in [6.45, 7) is -0.315. The summed E-state index contributed by atoms with van der Waals surface area (Å²) in [5.74, 6) is -3.20. The van der Waals surface area contributed by atoms with Crippen LogP contribution in [0.5, 0.6) is 5.75 Å². The Morgan fingerprint density at radius 3 is 2.30 bits per heavy atom. The average molecular weight is 641 g/mol. The lowest BCUT2D eigenvalue weighted by atomic mass is 9.83. The Morgan fingerprint density at radius 2 is 1.62 bits per heavy atom. The van der Waals surface area contributed by atoms with E-state index in [2.05, 4.69) is 21.2 Å². The number of phenols is 1. The molecular weight excluding hydrogens is 621 g/mol. The molecule has 12 heteroatoms. The van der Waals surface area contributed by atoms with E-state index >= 15 is 0 Å². The van der Waals surface area contributed by atoms with Gasteiger partial charge in [-0.25, -0.2) is 9.29 Å². The molecule has 3 aromatic carbocycles. The molecule has 3 amide bonds. The van der Waals surface area contributed by atoms with Crippen LogP contribution in [-0.4, -0.2) is 32.6 Å². The fraction of sp³-hybridized carbons (Fsp3) is 0.143. The molecule has 40 heavy (non-hydrogen) atoms. The maximum atomic E-state index is 13.8. The lowest BCUT2D eigenvalue weighted by Gasteiger charge is -2.30. The summed E-state index contributed by atoms with van der Waals surface area (Å²) in [6.07, 6.45) is 0. The van der Waals surface area contributed by atoms with E-state index in [4.69, 9.17) is 0 Å². The van der Waals surface area contributed by atoms with Crippen LogP contribution in [0.15, 0.2) is 87.1 Å². The van der Waals surface area contributed by atoms with Crippen molar-refractivity contribution in [2.24, 2.45) is 5.92 Å². The third-order valence-corrected chi connectivity index (χ3v) is 9.95. The molecule has 2 aliphatic heterocycles. The summed E-state index contributed by atoms with van der Waals surface area (Å²) >= 11 is 5.39. The van der Waals surface area contributed by atoms with Crippen LogP contribution in [0.1, 0.15) is 16.4 Å². The molecule has 3 atom stereocenters. The first-order valence-electron chi connectivity index (χ1n) is 12.1. The van der Waals surface area contributed by atoms with Crippen molar-refractivity contribution in [1.82, 2.24) is 4.57 Å². The summed E-state index contributed by atoms with van der Waals surface area (Å²) < 4.78 is 15.9. The van der Waals surface area contributed by atoms with Crippen LogP contribution in [-0.2, 0) is 20.9 Å². The van der Waals surface area contributed by atoms with Crippen molar-refractivity contribution in [1.29, 1.82) is 0 Å². The van der Waals surface area contributed by atoms with Gasteiger partial charge >= 0.3 is 4.87 Å². The predicted molar refractivity (Wildman–Crippen MR) is 153 cm³/mol. The average Bonchev–Trinajstić information content (AvgIpc) is 3.37. The Hall–Kier alpha value is -3.74. The van der Waals surface area contributed by atoms with E-state index in [1.165, 1.54) is 45.9 Å². The first kappa shape index (κ1) is 26.5. The summed E-state index contributed by atoms with van der Waals surface area (Å²) in [4.78, 5) is 54.9. The zero-order valence-corrected chi connectivity index (χ0v) is 23.6. The van der Waals surface area contributed by atoms with E-state index in [0.29, 0.717) is 26.8 Å². The van der Waals surface area contributed by atoms with E-state index in [0.717, 1.165) is 27.6 Å². The lowest BCUT2D eigenvalue weighted by molar-refractivity contribution is -0.122. The van der Waals surface area contributed by atoms with Crippen LogP contribution in [0.3, 0.4) is 0 Å². The minimum atomic E-state index is -0.848. The molecule has 3 unspecified atom stereocenters. The van der Waals surface area contributed by atoms with Crippen molar-refractivity contribution in [2.75, 3.05) is 10.2 Å². The molecule has 1 fully saturated rings. The van der Waals surface area contributed by atoms with Gasteiger partial charge in [0, 0.05) is 21.0 Å². The number of anilines is 2. The number of carbonyl (C=O) groups excluding carboxylic acids is 3. The van der Waals surface area contributed by atoms with Gasteiger partial charge in [-0.3, -0.25) is 23.7 Å². The summed E-state index contributed by atoms with van der Waals surface area (Å²) in [5, 5.41) is 11.8. The number of hydrogen-bond acceptors (Lipinski definition) is 7. The number of fused-ring (bicyclic) bond motifs is 2. The summed E-state index contributed by atoms with van der Waals surface area (Å²) in [5.41, 5.74) is 1.47. The number of nitrogens with zero attached hydrogens (tertiary/aromatic N) is 2. The van der Waals surface area contributed by atoms with Crippen molar-refractivity contribution in [3.05, 3.63) is 103 Å². The van der Waals surface area contributed by atoms with Crippen LogP contribution in [0.2, 0.25) is 0 Å². The number of aromatic nitrogens is 1. The first-order valence-corrected chi connectivity index (χ1v) is 14.6. The first-order chi connectivity index (χ1) is 19.2. The molecule has 8 nitrogen and oxygen atoms in total.